The molecule has 0 radical (unpaired) electrons. The van der Waals surface area contributed by atoms with Gasteiger partial charge in [-0.05, 0) is 38.1 Å². The summed E-state index contributed by atoms with van der Waals surface area (Å²) in [5.41, 5.74) is 0. The lowest BCUT2D eigenvalue weighted by Crippen LogP contribution is -2.30. The third-order valence-electron chi connectivity index (χ3n) is 3.43. The lowest BCUT2D eigenvalue weighted by molar-refractivity contribution is -0.123. The van der Waals surface area contributed by atoms with Crippen LogP contribution in [0.1, 0.15) is 46.0 Å². The monoisotopic (exact) mass is 197 g/mol. The molecule has 0 bridgehead atoms. The van der Waals surface area contributed by atoms with Gasteiger partial charge >= 0.3 is 0 Å². The van der Waals surface area contributed by atoms with Crippen LogP contribution < -0.4 is 5.32 Å². The van der Waals surface area contributed by atoms with Crippen molar-refractivity contribution in [3.8, 4) is 0 Å². The van der Waals surface area contributed by atoms with E-state index in [4.69, 9.17) is 0 Å². The number of hydrogen-bond donors (Lipinski definition) is 1. The van der Waals surface area contributed by atoms with Crippen LogP contribution in [0.2, 0.25) is 0 Å². The van der Waals surface area contributed by atoms with Crippen molar-refractivity contribution >= 4 is 5.78 Å². The van der Waals surface area contributed by atoms with E-state index in [0.717, 1.165) is 25.3 Å². The van der Waals surface area contributed by atoms with Crippen molar-refractivity contribution in [1.82, 2.24) is 5.32 Å². The van der Waals surface area contributed by atoms with Crippen molar-refractivity contribution < 1.29 is 4.79 Å². The molecule has 1 rings (SSSR count). The molecule has 0 aromatic heterocycles. The molecule has 2 nitrogen and oxygen atoms in total. The molecule has 0 aromatic carbocycles. The number of ketones is 1. The molecule has 0 spiro atoms. The largest absolute Gasteiger partial charge is 0.310 e. The molecule has 0 aromatic rings. The quantitative estimate of drug-likeness (QED) is 0.733. The first kappa shape index (κ1) is 11.7. The van der Waals surface area contributed by atoms with Crippen LogP contribution in [0.3, 0.4) is 0 Å². The summed E-state index contributed by atoms with van der Waals surface area (Å²) >= 11 is 0. The Morgan fingerprint density at radius 3 is 2.36 bits per heavy atom. The summed E-state index contributed by atoms with van der Waals surface area (Å²) < 4.78 is 0. The minimum Gasteiger partial charge on any atom is -0.310 e. The van der Waals surface area contributed by atoms with Gasteiger partial charge < -0.3 is 5.32 Å². The number of Topliss-reactive ketones (excluding diaryl/α,β-unsaturated/α-hetero) is 1. The molecule has 0 amide bonds. The van der Waals surface area contributed by atoms with E-state index < -0.39 is 0 Å². The summed E-state index contributed by atoms with van der Waals surface area (Å²) in [6, 6.07) is 0. The van der Waals surface area contributed by atoms with Crippen LogP contribution in [0.4, 0.5) is 0 Å². The van der Waals surface area contributed by atoms with Crippen LogP contribution in [-0.2, 0) is 4.79 Å². The lowest BCUT2D eigenvalue weighted by atomic mass is 9.79. The fraction of sp³-hybridized carbons (Fsp3) is 0.917. The molecule has 0 saturated heterocycles. The molecule has 1 aliphatic carbocycles. The standard InChI is InChI=1S/C12H23NO/c1-3-10-5-7-11(8-6-10)12(14)9-13-4-2/h10-11,13H,3-9H2,1-2H3. The zero-order valence-electron chi connectivity index (χ0n) is 9.51. The molecule has 14 heavy (non-hydrogen) atoms. The second kappa shape index (κ2) is 6.18. The molecule has 0 aliphatic heterocycles. The van der Waals surface area contributed by atoms with Crippen molar-refractivity contribution in [2.45, 2.75) is 46.0 Å². The fourth-order valence-electron chi connectivity index (χ4n) is 2.29. The Labute approximate surface area is 87.5 Å². The van der Waals surface area contributed by atoms with E-state index in [1.807, 2.05) is 6.92 Å². The van der Waals surface area contributed by atoms with Gasteiger partial charge in [0.2, 0.25) is 0 Å². The Bertz CT molecular complexity index is 171. The van der Waals surface area contributed by atoms with E-state index in [9.17, 15) is 4.79 Å². The van der Waals surface area contributed by atoms with Gasteiger partial charge in [-0.2, -0.15) is 0 Å². The second-order valence-corrected chi connectivity index (χ2v) is 4.37. The first-order valence-corrected chi connectivity index (χ1v) is 6.01. The number of rotatable bonds is 5. The highest BCUT2D eigenvalue weighted by molar-refractivity contribution is 5.83. The zero-order valence-corrected chi connectivity index (χ0v) is 9.51. The number of carbonyl (C=O) groups is 1. The Hall–Kier alpha value is -0.370. The highest BCUT2D eigenvalue weighted by Crippen LogP contribution is 2.30. The first-order chi connectivity index (χ1) is 6.77. The van der Waals surface area contributed by atoms with Gasteiger partial charge in [-0.25, -0.2) is 0 Å². The number of nitrogens with one attached hydrogen (secondary N) is 1. The molecule has 0 atom stereocenters. The minimum absolute atomic E-state index is 0.358. The fourth-order valence-corrected chi connectivity index (χ4v) is 2.29. The maximum Gasteiger partial charge on any atom is 0.149 e. The Morgan fingerprint density at radius 2 is 1.86 bits per heavy atom. The number of carbonyl (C=O) groups excluding carboxylic acids is 1. The summed E-state index contributed by atoms with van der Waals surface area (Å²) in [4.78, 5) is 11.7. The van der Waals surface area contributed by atoms with E-state index in [2.05, 4.69) is 12.2 Å². The highest BCUT2D eigenvalue weighted by Gasteiger charge is 2.24. The molecule has 82 valence electrons. The predicted molar refractivity (Wildman–Crippen MR) is 59.3 cm³/mol. The van der Waals surface area contributed by atoms with Crippen molar-refractivity contribution in [2.75, 3.05) is 13.1 Å². The Kier molecular flexibility index (Phi) is 5.16. The van der Waals surface area contributed by atoms with Crippen LogP contribution in [0, 0.1) is 11.8 Å². The van der Waals surface area contributed by atoms with Crippen molar-refractivity contribution in [1.29, 1.82) is 0 Å². The van der Waals surface area contributed by atoms with Gasteiger partial charge in [0, 0.05) is 5.92 Å². The van der Waals surface area contributed by atoms with Crippen molar-refractivity contribution in [2.24, 2.45) is 11.8 Å². The number of hydrogen-bond acceptors (Lipinski definition) is 2. The second-order valence-electron chi connectivity index (χ2n) is 4.37. The third-order valence-corrected chi connectivity index (χ3v) is 3.43. The lowest BCUT2D eigenvalue weighted by Gasteiger charge is -2.26. The van der Waals surface area contributed by atoms with Crippen LogP contribution >= 0.6 is 0 Å². The minimum atomic E-state index is 0.358. The maximum atomic E-state index is 11.7. The average Bonchev–Trinajstić information content (AvgIpc) is 2.26. The van der Waals surface area contributed by atoms with Gasteiger partial charge in [-0.1, -0.05) is 20.3 Å². The summed E-state index contributed by atoms with van der Waals surface area (Å²) in [7, 11) is 0. The third kappa shape index (κ3) is 3.41. The Balaban J connectivity index is 2.23. The average molecular weight is 197 g/mol. The topological polar surface area (TPSA) is 29.1 Å². The first-order valence-electron chi connectivity index (χ1n) is 6.01. The van der Waals surface area contributed by atoms with E-state index >= 15 is 0 Å². The summed E-state index contributed by atoms with van der Waals surface area (Å²) in [6.07, 6.45) is 6.07. The van der Waals surface area contributed by atoms with Crippen LogP contribution in [-0.4, -0.2) is 18.9 Å². The van der Waals surface area contributed by atoms with E-state index in [-0.39, 0.29) is 0 Å². The van der Waals surface area contributed by atoms with Gasteiger partial charge in [0.25, 0.3) is 0 Å². The van der Waals surface area contributed by atoms with E-state index in [1.54, 1.807) is 0 Å². The highest BCUT2D eigenvalue weighted by atomic mass is 16.1. The molecular weight excluding hydrogens is 174 g/mol. The molecule has 1 saturated carbocycles. The van der Waals surface area contributed by atoms with Crippen LogP contribution in [0.15, 0.2) is 0 Å². The Morgan fingerprint density at radius 1 is 1.21 bits per heavy atom. The van der Waals surface area contributed by atoms with Crippen LogP contribution in [0.25, 0.3) is 0 Å². The SMILES string of the molecule is CCNCC(=O)C1CCC(CC)CC1. The summed E-state index contributed by atoms with van der Waals surface area (Å²) in [6.45, 7) is 5.78. The molecule has 0 heterocycles. The van der Waals surface area contributed by atoms with Gasteiger partial charge in [0.1, 0.15) is 5.78 Å². The smallest absolute Gasteiger partial charge is 0.149 e. The van der Waals surface area contributed by atoms with E-state index in [0.29, 0.717) is 18.2 Å². The maximum absolute atomic E-state index is 11.7. The molecule has 1 fully saturated rings. The van der Waals surface area contributed by atoms with Gasteiger partial charge in [0.05, 0.1) is 6.54 Å². The van der Waals surface area contributed by atoms with E-state index in [1.165, 1.54) is 19.3 Å². The molecule has 0 unspecified atom stereocenters. The van der Waals surface area contributed by atoms with Gasteiger partial charge in [-0.3, -0.25) is 4.79 Å². The summed E-state index contributed by atoms with van der Waals surface area (Å²) in [5, 5.41) is 3.12. The molecule has 1 N–H and O–H groups in total. The van der Waals surface area contributed by atoms with Gasteiger partial charge in [-0.15, -0.1) is 0 Å². The number of likely N-dealkylation sites (N-methyl/N-ethyl adjacent to an activating group) is 1. The van der Waals surface area contributed by atoms with Gasteiger partial charge in [0.15, 0.2) is 0 Å². The van der Waals surface area contributed by atoms with Crippen LogP contribution in [0.5, 0.6) is 0 Å². The summed E-state index contributed by atoms with van der Waals surface area (Å²) in [5.74, 6) is 1.68. The normalized spacial score (nSPS) is 27.6. The van der Waals surface area contributed by atoms with Crippen molar-refractivity contribution in [3.63, 3.8) is 0 Å². The predicted octanol–water partition coefficient (Wildman–Crippen LogP) is 2.38. The van der Waals surface area contributed by atoms with Crippen molar-refractivity contribution in [3.05, 3.63) is 0 Å². The molecular formula is C12H23NO. The molecule has 1 aliphatic rings. The zero-order chi connectivity index (χ0) is 10.4. The molecule has 2 heteroatoms.